The highest BCUT2D eigenvalue weighted by Gasteiger charge is 2.76. The quantitative estimate of drug-likeness (QED) is 0.552. The summed E-state index contributed by atoms with van der Waals surface area (Å²) in [6, 6.07) is -1.30. The summed E-state index contributed by atoms with van der Waals surface area (Å²) >= 11 is 0. The molecule has 8 heteroatoms. The minimum Gasteiger partial charge on any atom is -0.394 e. The van der Waals surface area contributed by atoms with E-state index >= 15 is 0 Å². The lowest BCUT2D eigenvalue weighted by atomic mass is 9.73. The molecule has 0 radical (unpaired) electrons. The Morgan fingerprint density at radius 1 is 1.00 bits per heavy atom. The third kappa shape index (κ3) is 3.81. The van der Waals surface area contributed by atoms with Crippen LogP contribution in [0.15, 0.2) is 24.3 Å². The second kappa shape index (κ2) is 9.84. The van der Waals surface area contributed by atoms with E-state index in [2.05, 4.69) is 0 Å². The first-order valence-electron chi connectivity index (χ1n) is 14.3. The Kier molecular flexibility index (Phi) is 7.03. The van der Waals surface area contributed by atoms with Crippen LogP contribution < -0.4 is 0 Å². The van der Waals surface area contributed by atoms with E-state index in [1.165, 1.54) is 6.42 Å². The lowest BCUT2D eigenvalue weighted by Gasteiger charge is -2.43. The van der Waals surface area contributed by atoms with Gasteiger partial charge in [-0.15, -0.1) is 0 Å². The number of amides is 3. The molecule has 3 fully saturated rings. The zero-order valence-corrected chi connectivity index (χ0v) is 22.8. The summed E-state index contributed by atoms with van der Waals surface area (Å²) in [6.07, 6.45) is 14.4. The number of aliphatic hydroxyl groups excluding tert-OH is 1. The fourth-order valence-electron chi connectivity index (χ4n) is 7.73. The number of rotatable bonds is 6. The number of ether oxygens (including phenoxy) is 1. The van der Waals surface area contributed by atoms with Crippen LogP contribution in [0, 0.1) is 17.8 Å². The lowest BCUT2D eigenvalue weighted by molar-refractivity contribution is -0.159. The van der Waals surface area contributed by atoms with Gasteiger partial charge in [0, 0.05) is 26.2 Å². The van der Waals surface area contributed by atoms with Gasteiger partial charge in [0.2, 0.25) is 17.7 Å². The number of likely N-dealkylation sites (tertiary alicyclic amines) is 1. The monoisotopic (exact) mass is 513 g/mol. The maximum absolute atomic E-state index is 14.6. The molecule has 1 saturated carbocycles. The molecule has 8 nitrogen and oxygen atoms in total. The van der Waals surface area contributed by atoms with Gasteiger partial charge in [0.15, 0.2) is 0 Å². The van der Waals surface area contributed by atoms with Crippen LogP contribution in [0.4, 0.5) is 0 Å². The normalized spacial score (nSPS) is 37.8. The topological polar surface area (TPSA) is 90.4 Å². The molecule has 37 heavy (non-hydrogen) atoms. The van der Waals surface area contributed by atoms with Gasteiger partial charge >= 0.3 is 0 Å². The van der Waals surface area contributed by atoms with Crippen LogP contribution in [0.3, 0.4) is 0 Å². The zero-order valence-electron chi connectivity index (χ0n) is 22.8. The van der Waals surface area contributed by atoms with Gasteiger partial charge < -0.3 is 24.5 Å². The third-order valence-electron chi connectivity index (χ3n) is 9.97. The molecule has 0 aromatic carbocycles. The Labute approximate surface area is 220 Å². The van der Waals surface area contributed by atoms with Crippen molar-refractivity contribution in [2.45, 2.75) is 95.0 Å². The molecule has 1 unspecified atom stereocenters. The number of carbonyl (C=O) groups excluding carboxylic acids is 3. The highest BCUT2D eigenvalue weighted by atomic mass is 16.5. The summed E-state index contributed by atoms with van der Waals surface area (Å²) in [5.41, 5.74) is -2.21. The third-order valence-corrected chi connectivity index (χ3v) is 9.97. The van der Waals surface area contributed by atoms with Gasteiger partial charge in [-0.25, -0.2) is 0 Å². The number of hydrogen-bond donors (Lipinski definition) is 1. The summed E-state index contributed by atoms with van der Waals surface area (Å²) in [7, 11) is 1.76. The van der Waals surface area contributed by atoms with Crippen LogP contribution in [0.5, 0.6) is 0 Å². The molecule has 1 N–H and O–H groups in total. The molecule has 0 aromatic heterocycles. The van der Waals surface area contributed by atoms with Crippen molar-refractivity contribution >= 4 is 17.7 Å². The molecular weight excluding hydrogens is 470 g/mol. The van der Waals surface area contributed by atoms with Crippen molar-refractivity contribution < 1.29 is 24.2 Å². The molecule has 4 aliphatic heterocycles. The Bertz CT molecular complexity index is 990. The minimum absolute atomic E-state index is 0.0173. The largest absolute Gasteiger partial charge is 0.394 e. The van der Waals surface area contributed by atoms with Crippen molar-refractivity contribution in [3.8, 4) is 0 Å². The summed E-state index contributed by atoms with van der Waals surface area (Å²) in [4.78, 5) is 48.2. The van der Waals surface area contributed by atoms with Crippen LogP contribution in [-0.4, -0.2) is 93.6 Å². The fourth-order valence-corrected chi connectivity index (χ4v) is 7.73. The SMILES string of the molecule is CC[C@H](C)[C@H](CO)N1C(=O)[C@@H]2[C@H]3C(=O)N(C)CC=C[C@@]3(CC)O[C@@]23C=CCN(C2CCCCC2)C(=O)C13. The van der Waals surface area contributed by atoms with Gasteiger partial charge in [-0.3, -0.25) is 14.4 Å². The van der Waals surface area contributed by atoms with Crippen molar-refractivity contribution in [2.24, 2.45) is 17.8 Å². The van der Waals surface area contributed by atoms with Gasteiger partial charge in [0.1, 0.15) is 11.6 Å². The highest BCUT2D eigenvalue weighted by molar-refractivity contribution is 6.00. The Hall–Kier alpha value is -2.19. The first-order chi connectivity index (χ1) is 17.8. The lowest BCUT2D eigenvalue weighted by Crippen LogP contribution is -2.61. The summed E-state index contributed by atoms with van der Waals surface area (Å²) in [5, 5.41) is 10.5. The average molecular weight is 514 g/mol. The molecule has 2 saturated heterocycles. The van der Waals surface area contributed by atoms with Crippen molar-refractivity contribution in [3.63, 3.8) is 0 Å². The minimum atomic E-state index is -1.25. The van der Waals surface area contributed by atoms with E-state index < -0.39 is 35.1 Å². The maximum atomic E-state index is 14.6. The molecule has 3 amide bonds. The van der Waals surface area contributed by atoms with E-state index in [0.717, 1.165) is 32.1 Å². The summed E-state index contributed by atoms with van der Waals surface area (Å²) < 4.78 is 7.00. The van der Waals surface area contributed by atoms with Gasteiger partial charge in [0.05, 0.1) is 30.1 Å². The summed E-state index contributed by atoms with van der Waals surface area (Å²) in [5.74, 6) is -2.04. The van der Waals surface area contributed by atoms with E-state index in [4.69, 9.17) is 4.74 Å². The van der Waals surface area contributed by atoms with Gasteiger partial charge in [-0.05, 0) is 25.2 Å². The fraction of sp³-hybridized carbons (Fsp3) is 0.759. The zero-order chi connectivity index (χ0) is 26.5. The first-order valence-corrected chi connectivity index (χ1v) is 14.3. The predicted molar refractivity (Wildman–Crippen MR) is 139 cm³/mol. The smallest absolute Gasteiger partial charge is 0.249 e. The first kappa shape index (κ1) is 26.4. The van der Waals surface area contributed by atoms with Crippen LogP contribution in [0.25, 0.3) is 0 Å². The van der Waals surface area contributed by atoms with Crippen LogP contribution >= 0.6 is 0 Å². The van der Waals surface area contributed by atoms with E-state index in [1.54, 1.807) is 16.8 Å². The van der Waals surface area contributed by atoms with Crippen molar-refractivity contribution in [2.75, 3.05) is 26.7 Å². The second-order valence-electron chi connectivity index (χ2n) is 11.8. The number of nitrogens with zero attached hydrogens (tertiary/aromatic N) is 3. The Morgan fingerprint density at radius 3 is 2.35 bits per heavy atom. The molecule has 7 atom stereocenters. The average Bonchev–Trinajstić information content (AvgIpc) is 3.21. The van der Waals surface area contributed by atoms with Crippen molar-refractivity contribution in [1.29, 1.82) is 0 Å². The number of fused-ring (bicyclic) bond motifs is 2. The second-order valence-corrected chi connectivity index (χ2v) is 11.8. The van der Waals surface area contributed by atoms with Gasteiger partial charge in [-0.2, -0.15) is 0 Å². The van der Waals surface area contributed by atoms with Gasteiger partial charge in [-0.1, -0.05) is 70.8 Å². The number of aliphatic hydroxyl groups is 1. The van der Waals surface area contributed by atoms with E-state index in [1.807, 2.05) is 50.0 Å². The number of hydrogen-bond acceptors (Lipinski definition) is 5. The summed E-state index contributed by atoms with van der Waals surface area (Å²) in [6.45, 7) is 6.71. The van der Waals surface area contributed by atoms with Crippen molar-refractivity contribution in [1.82, 2.24) is 14.7 Å². The molecule has 1 aliphatic carbocycles. The molecule has 4 heterocycles. The molecule has 1 spiro atoms. The molecule has 5 aliphatic rings. The highest BCUT2D eigenvalue weighted by Crippen LogP contribution is 2.59. The molecule has 0 bridgehead atoms. The predicted octanol–water partition coefficient (Wildman–Crippen LogP) is 2.51. The Balaban J connectivity index is 1.67. The van der Waals surface area contributed by atoms with Gasteiger partial charge in [0.25, 0.3) is 0 Å². The maximum Gasteiger partial charge on any atom is 0.249 e. The van der Waals surface area contributed by atoms with Crippen LogP contribution in [0.2, 0.25) is 0 Å². The van der Waals surface area contributed by atoms with Crippen LogP contribution in [0.1, 0.15) is 65.7 Å². The molecule has 5 rings (SSSR count). The molecular formula is C29H43N3O5. The standard InChI is InChI=1S/C29H43N3O5/c1-5-19(3)21(18-33)32-24-27(36)31(20-12-8-7-9-13-20)17-11-15-29(24)23(26(32)35)22-25(34)30(4)16-10-14-28(22,6-2)37-29/h10-11,14-15,19-24,33H,5-9,12-13,16-18H2,1-4H3/t19-,21-,22-,23-,24?,28+,29-/m0/s1. The van der Waals surface area contributed by atoms with Crippen molar-refractivity contribution in [3.05, 3.63) is 24.3 Å². The Morgan fingerprint density at radius 2 is 1.70 bits per heavy atom. The van der Waals surface area contributed by atoms with E-state index in [-0.39, 0.29) is 36.3 Å². The van der Waals surface area contributed by atoms with E-state index in [9.17, 15) is 19.5 Å². The van der Waals surface area contributed by atoms with E-state index in [0.29, 0.717) is 19.5 Å². The number of carbonyl (C=O) groups is 3. The number of likely N-dealkylation sites (N-methyl/N-ethyl adjacent to an activating group) is 1. The molecule has 0 aromatic rings. The molecule has 204 valence electrons. The van der Waals surface area contributed by atoms with Crippen LogP contribution in [-0.2, 0) is 19.1 Å².